The minimum absolute atomic E-state index is 0.123. The molecule has 0 aromatic heterocycles. The highest BCUT2D eigenvalue weighted by Crippen LogP contribution is 2.43. The highest BCUT2D eigenvalue weighted by molar-refractivity contribution is 5.81. The lowest BCUT2D eigenvalue weighted by atomic mass is 10.2. The Balaban J connectivity index is 2.48. The van der Waals surface area contributed by atoms with E-state index in [0.717, 1.165) is 6.07 Å². The Kier molecular flexibility index (Phi) is 1.99. The van der Waals surface area contributed by atoms with Gasteiger partial charge in [-0.2, -0.15) is 0 Å². The van der Waals surface area contributed by atoms with Crippen LogP contribution < -0.4 is 14.2 Å². The Morgan fingerprint density at radius 2 is 1.93 bits per heavy atom. The van der Waals surface area contributed by atoms with Crippen LogP contribution in [0.1, 0.15) is 10.4 Å². The second-order valence-corrected chi connectivity index (χ2v) is 2.83. The first-order valence-corrected chi connectivity index (χ1v) is 3.99. The molecule has 0 N–H and O–H groups in total. The molecule has 1 aromatic rings. The molecule has 80 valence electrons. The number of ether oxygens (including phenoxy) is 3. The summed E-state index contributed by atoms with van der Waals surface area (Å²) in [5.74, 6) is -0.171. The molecule has 0 atom stereocenters. The van der Waals surface area contributed by atoms with E-state index in [9.17, 15) is 13.6 Å². The maximum Gasteiger partial charge on any atom is 0.586 e. The van der Waals surface area contributed by atoms with Crippen LogP contribution in [0.4, 0.5) is 8.78 Å². The number of methoxy groups -OCH3 is 1. The standard InChI is InChI=1S/C9H6F2O4/c1-13-6-3-8-7(2-5(6)4-12)14-9(10,11)15-8/h2-4H,1H3. The summed E-state index contributed by atoms with van der Waals surface area (Å²) in [4.78, 5) is 10.6. The molecule has 0 aliphatic carbocycles. The van der Waals surface area contributed by atoms with Crippen molar-refractivity contribution in [3.05, 3.63) is 17.7 Å². The number of benzene rings is 1. The third kappa shape index (κ3) is 1.58. The fraction of sp³-hybridized carbons (Fsp3) is 0.222. The molecule has 0 unspecified atom stereocenters. The van der Waals surface area contributed by atoms with Crippen LogP contribution in [-0.4, -0.2) is 19.7 Å². The van der Waals surface area contributed by atoms with Gasteiger partial charge in [-0.05, 0) is 6.07 Å². The lowest BCUT2D eigenvalue weighted by Crippen LogP contribution is -2.25. The first kappa shape index (κ1) is 9.70. The Morgan fingerprint density at radius 3 is 2.47 bits per heavy atom. The van der Waals surface area contributed by atoms with E-state index in [1.54, 1.807) is 0 Å². The molecule has 6 heteroatoms. The van der Waals surface area contributed by atoms with Crippen molar-refractivity contribution in [2.24, 2.45) is 0 Å². The first-order chi connectivity index (χ1) is 7.05. The molecule has 0 fully saturated rings. The number of carbonyl (C=O) groups excluding carboxylic acids is 1. The second-order valence-electron chi connectivity index (χ2n) is 2.83. The van der Waals surface area contributed by atoms with Crippen molar-refractivity contribution >= 4 is 6.29 Å². The maximum atomic E-state index is 12.6. The predicted octanol–water partition coefficient (Wildman–Crippen LogP) is 1.83. The van der Waals surface area contributed by atoms with Crippen molar-refractivity contribution in [2.45, 2.75) is 6.29 Å². The van der Waals surface area contributed by atoms with E-state index in [4.69, 9.17) is 4.74 Å². The molecule has 0 amide bonds. The first-order valence-electron chi connectivity index (χ1n) is 3.99. The quantitative estimate of drug-likeness (QED) is 0.707. The minimum atomic E-state index is -3.69. The Bertz CT molecular complexity index is 417. The smallest absolute Gasteiger partial charge is 0.496 e. The molecule has 1 aromatic carbocycles. The number of alkyl halides is 2. The highest BCUT2D eigenvalue weighted by atomic mass is 19.3. The van der Waals surface area contributed by atoms with Crippen LogP contribution in [0.15, 0.2) is 12.1 Å². The molecule has 2 rings (SSSR count). The van der Waals surface area contributed by atoms with Gasteiger partial charge in [0.15, 0.2) is 17.8 Å². The molecular weight excluding hydrogens is 210 g/mol. The third-order valence-corrected chi connectivity index (χ3v) is 1.88. The highest BCUT2D eigenvalue weighted by Gasteiger charge is 2.43. The van der Waals surface area contributed by atoms with Gasteiger partial charge in [0, 0.05) is 6.07 Å². The molecule has 15 heavy (non-hydrogen) atoms. The van der Waals surface area contributed by atoms with Gasteiger partial charge in [-0.1, -0.05) is 0 Å². The van der Waals surface area contributed by atoms with Crippen LogP contribution in [0, 0.1) is 0 Å². The number of aldehydes is 1. The molecule has 0 radical (unpaired) electrons. The predicted molar refractivity (Wildman–Crippen MR) is 44.6 cm³/mol. The molecule has 1 aliphatic heterocycles. The molecule has 1 aliphatic rings. The summed E-state index contributed by atoms with van der Waals surface area (Å²) < 4.78 is 38.4. The third-order valence-electron chi connectivity index (χ3n) is 1.88. The number of hydrogen-bond donors (Lipinski definition) is 0. The number of hydrogen-bond acceptors (Lipinski definition) is 4. The van der Waals surface area contributed by atoms with Crippen LogP contribution in [0.3, 0.4) is 0 Å². The van der Waals surface area contributed by atoms with Crippen molar-refractivity contribution in [3.8, 4) is 17.2 Å². The Morgan fingerprint density at radius 1 is 1.33 bits per heavy atom. The Hall–Kier alpha value is -1.85. The maximum absolute atomic E-state index is 12.6. The van der Waals surface area contributed by atoms with Crippen molar-refractivity contribution < 1.29 is 27.8 Å². The van der Waals surface area contributed by atoms with Gasteiger partial charge >= 0.3 is 6.29 Å². The summed E-state index contributed by atoms with van der Waals surface area (Å²) in [7, 11) is 1.32. The van der Waals surface area contributed by atoms with Crippen LogP contribution in [0.5, 0.6) is 17.2 Å². The lowest BCUT2D eigenvalue weighted by molar-refractivity contribution is -0.286. The van der Waals surface area contributed by atoms with Gasteiger partial charge in [0.1, 0.15) is 5.75 Å². The molecule has 0 bridgehead atoms. The van der Waals surface area contributed by atoms with E-state index in [1.807, 2.05) is 0 Å². The minimum Gasteiger partial charge on any atom is -0.496 e. The molecule has 0 saturated heterocycles. The van der Waals surface area contributed by atoms with Gasteiger partial charge < -0.3 is 14.2 Å². The van der Waals surface area contributed by atoms with E-state index in [1.165, 1.54) is 13.2 Å². The van der Waals surface area contributed by atoms with Crippen LogP contribution >= 0.6 is 0 Å². The fourth-order valence-corrected chi connectivity index (χ4v) is 1.26. The molecular formula is C9H6F2O4. The van der Waals surface area contributed by atoms with Crippen molar-refractivity contribution in [3.63, 3.8) is 0 Å². The number of carbonyl (C=O) groups is 1. The van der Waals surface area contributed by atoms with Crippen LogP contribution in [-0.2, 0) is 0 Å². The normalized spacial score (nSPS) is 16.2. The van der Waals surface area contributed by atoms with E-state index < -0.39 is 6.29 Å². The number of halogens is 2. The van der Waals surface area contributed by atoms with Crippen molar-refractivity contribution in [1.29, 1.82) is 0 Å². The van der Waals surface area contributed by atoms with Gasteiger partial charge in [-0.15, -0.1) is 8.78 Å². The summed E-state index contributed by atoms with van der Waals surface area (Å²) in [5, 5.41) is 0. The van der Waals surface area contributed by atoms with Gasteiger partial charge in [0.25, 0.3) is 0 Å². The number of fused-ring (bicyclic) bond motifs is 1. The zero-order valence-electron chi connectivity index (χ0n) is 7.62. The van der Waals surface area contributed by atoms with Crippen LogP contribution in [0.25, 0.3) is 0 Å². The van der Waals surface area contributed by atoms with Crippen molar-refractivity contribution in [1.82, 2.24) is 0 Å². The monoisotopic (exact) mass is 216 g/mol. The Labute approximate surface area is 83.4 Å². The zero-order chi connectivity index (χ0) is 11.1. The lowest BCUT2D eigenvalue weighted by Gasteiger charge is -2.04. The fourth-order valence-electron chi connectivity index (χ4n) is 1.26. The van der Waals surface area contributed by atoms with E-state index in [2.05, 4.69) is 9.47 Å². The zero-order valence-corrected chi connectivity index (χ0v) is 7.62. The summed E-state index contributed by atoms with van der Waals surface area (Å²) in [5.41, 5.74) is 0.123. The number of rotatable bonds is 2. The average Bonchev–Trinajstić information content (AvgIpc) is 2.48. The summed E-state index contributed by atoms with van der Waals surface area (Å²) in [6.07, 6.45) is -3.20. The molecule has 0 spiro atoms. The van der Waals surface area contributed by atoms with E-state index >= 15 is 0 Å². The largest absolute Gasteiger partial charge is 0.586 e. The van der Waals surface area contributed by atoms with Gasteiger partial charge in [-0.25, -0.2) is 0 Å². The molecule has 0 saturated carbocycles. The van der Waals surface area contributed by atoms with E-state index in [-0.39, 0.29) is 22.8 Å². The van der Waals surface area contributed by atoms with E-state index in [0.29, 0.717) is 6.29 Å². The van der Waals surface area contributed by atoms with Gasteiger partial charge in [0.2, 0.25) is 0 Å². The second kappa shape index (κ2) is 3.08. The van der Waals surface area contributed by atoms with Crippen LogP contribution in [0.2, 0.25) is 0 Å². The topological polar surface area (TPSA) is 44.8 Å². The molecule has 4 nitrogen and oxygen atoms in total. The summed E-state index contributed by atoms with van der Waals surface area (Å²) in [6, 6.07) is 2.32. The SMILES string of the molecule is COc1cc2c(cc1C=O)OC(F)(F)O2. The van der Waals surface area contributed by atoms with Crippen molar-refractivity contribution in [2.75, 3.05) is 7.11 Å². The van der Waals surface area contributed by atoms with Gasteiger partial charge in [0.05, 0.1) is 12.7 Å². The summed E-state index contributed by atoms with van der Waals surface area (Å²) in [6.45, 7) is 0. The summed E-state index contributed by atoms with van der Waals surface area (Å²) >= 11 is 0. The molecule has 1 heterocycles. The average molecular weight is 216 g/mol. The van der Waals surface area contributed by atoms with Gasteiger partial charge in [-0.3, -0.25) is 4.79 Å².